The van der Waals surface area contributed by atoms with Crippen molar-refractivity contribution in [2.24, 2.45) is 0 Å². The zero-order valence-corrected chi connectivity index (χ0v) is 15.3. The Hall–Kier alpha value is -1.96. The molecule has 1 saturated heterocycles. The lowest BCUT2D eigenvalue weighted by molar-refractivity contribution is -0.139. The third-order valence-corrected chi connectivity index (χ3v) is 6.25. The van der Waals surface area contributed by atoms with Gasteiger partial charge >= 0.3 is 0 Å². The van der Waals surface area contributed by atoms with E-state index in [4.69, 9.17) is 0 Å². The molecule has 1 heterocycles. The second kappa shape index (κ2) is 7.95. The minimum Gasteiger partial charge on any atom is -0.340 e. The molecule has 0 aromatic heterocycles. The summed E-state index contributed by atoms with van der Waals surface area (Å²) in [7, 11) is -1.50. The zero-order chi connectivity index (χ0) is 18.6. The van der Waals surface area contributed by atoms with Crippen LogP contribution >= 0.6 is 0 Å². The molecule has 1 atom stereocenters. The quantitative estimate of drug-likeness (QED) is 0.744. The highest BCUT2D eigenvalue weighted by molar-refractivity contribution is 7.91. The van der Waals surface area contributed by atoms with E-state index >= 15 is 0 Å². The lowest BCUT2D eigenvalue weighted by Crippen LogP contribution is -2.45. The van der Waals surface area contributed by atoms with Gasteiger partial charge in [0, 0.05) is 26.6 Å². The van der Waals surface area contributed by atoms with Crippen LogP contribution in [0.5, 0.6) is 0 Å². The van der Waals surface area contributed by atoms with Crippen LogP contribution in [0.25, 0.3) is 0 Å². The van der Waals surface area contributed by atoms with Crippen LogP contribution in [-0.2, 0) is 25.8 Å². The summed E-state index contributed by atoms with van der Waals surface area (Å²) in [6.45, 7) is 1.63. The third-order valence-electron chi connectivity index (χ3n) is 4.50. The summed E-state index contributed by atoms with van der Waals surface area (Å²) >= 11 is 0. The number of rotatable bonds is 6. The molecule has 138 valence electrons. The Bertz CT molecular complexity index is 734. The first-order chi connectivity index (χ1) is 11.7. The van der Waals surface area contributed by atoms with Crippen LogP contribution < -0.4 is 0 Å². The molecule has 1 aromatic rings. The van der Waals surface area contributed by atoms with E-state index in [2.05, 4.69) is 0 Å². The second-order valence-electron chi connectivity index (χ2n) is 6.38. The molecule has 6 nitrogen and oxygen atoms in total. The molecular weight excluding hydrogens is 347 g/mol. The fourth-order valence-electron chi connectivity index (χ4n) is 2.82. The molecule has 2 amide bonds. The summed E-state index contributed by atoms with van der Waals surface area (Å²) in [4.78, 5) is 27.1. The van der Waals surface area contributed by atoms with Crippen LogP contribution in [0.15, 0.2) is 24.3 Å². The third kappa shape index (κ3) is 5.52. The molecule has 0 N–H and O–H groups in total. The number of likely N-dealkylation sites (N-methyl/N-ethyl adjacent to an activating group) is 1. The van der Waals surface area contributed by atoms with E-state index in [0.29, 0.717) is 19.4 Å². The predicted octanol–water partition coefficient (Wildman–Crippen LogP) is 0.862. The number of amides is 2. The molecule has 1 aliphatic heterocycles. The maximum atomic E-state index is 12.9. The summed E-state index contributed by atoms with van der Waals surface area (Å²) < 4.78 is 36.0. The Morgan fingerprint density at radius 2 is 1.88 bits per heavy atom. The standard InChI is InChI=1S/C17H23FN2O4S/c1-13(21)20(9-7-14-3-5-15(18)6-4-14)11-17(22)19(2)16-8-10-25(23,24)12-16/h3-6,16H,7-12H2,1-2H3. The Labute approximate surface area is 147 Å². The maximum Gasteiger partial charge on any atom is 0.242 e. The van der Waals surface area contributed by atoms with Crippen molar-refractivity contribution in [2.75, 3.05) is 31.6 Å². The second-order valence-corrected chi connectivity index (χ2v) is 8.61. The number of nitrogens with zero attached hydrogens (tertiary/aromatic N) is 2. The molecule has 2 rings (SSSR count). The number of benzene rings is 1. The van der Waals surface area contributed by atoms with Crippen LogP contribution in [0, 0.1) is 5.82 Å². The van der Waals surface area contributed by atoms with E-state index in [-0.39, 0.29) is 41.7 Å². The van der Waals surface area contributed by atoms with Crippen LogP contribution in [0.2, 0.25) is 0 Å². The first kappa shape index (κ1) is 19.4. The van der Waals surface area contributed by atoms with E-state index in [0.717, 1.165) is 5.56 Å². The molecule has 0 bridgehead atoms. The Kier molecular flexibility index (Phi) is 6.16. The maximum absolute atomic E-state index is 12.9. The summed E-state index contributed by atoms with van der Waals surface area (Å²) in [5.74, 6) is -0.768. The van der Waals surface area contributed by atoms with E-state index in [1.54, 1.807) is 19.2 Å². The Balaban J connectivity index is 1.92. The number of halogens is 1. The Morgan fingerprint density at radius 3 is 2.40 bits per heavy atom. The molecule has 0 radical (unpaired) electrons. The van der Waals surface area contributed by atoms with Gasteiger partial charge in [-0.3, -0.25) is 9.59 Å². The lowest BCUT2D eigenvalue weighted by Gasteiger charge is -2.27. The van der Waals surface area contributed by atoms with E-state index in [1.165, 1.54) is 28.9 Å². The number of sulfone groups is 1. The van der Waals surface area contributed by atoms with Crippen molar-refractivity contribution >= 4 is 21.7 Å². The first-order valence-corrected chi connectivity index (χ1v) is 9.96. The van der Waals surface area contributed by atoms with Gasteiger partial charge in [0.2, 0.25) is 11.8 Å². The van der Waals surface area contributed by atoms with Crippen molar-refractivity contribution in [3.8, 4) is 0 Å². The molecular formula is C17H23FN2O4S. The van der Waals surface area contributed by atoms with Gasteiger partial charge in [-0.1, -0.05) is 12.1 Å². The zero-order valence-electron chi connectivity index (χ0n) is 14.4. The molecule has 8 heteroatoms. The van der Waals surface area contributed by atoms with Crippen molar-refractivity contribution in [3.63, 3.8) is 0 Å². The van der Waals surface area contributed by atoms with Gasteiger partial charge in [-0.2, -0.15) is 0 Å². The number of carbonyl (C=O) groups excluding carboxylic acids is 2. The van der Waals surface area contributed by atoms with Gasteiger partial charge in [-0.05, 0) is 30.5 Å². The van der Waals surface area contributed by atoms with Crippen molar-refractivity contribution in [2.45, 2.75) is 25.8 Å². The average molecular weight is 370 g/mol. The molecule has 25 heavy (non-hydrogen) atoms. The molecule has 1 unspecified atom stereocenters. The minimum absolute atomic E-state index is 0.0229. The van der Waals surface area contributed by atoms with Gasteiger partial charge < -0.3 is 9.80 Å². The molecule has 1 aromatic carbocycles. The smallest absolute Gasteiger partial charge is 0.242 e. The monoisotopic (exact) mass is 370 g/mol. The van der Waals surface area contributed by atoms with Crippen LogP contribution in [0.1, 0.15) is 18.9 Å². The normalized spacial score (nSPS) is 18.8. The highest BCUT2D eigenvalue weighted by Crippen LogP contribution is 2.17. The van der Waals surface area contributed by atoms with Gasteiger partial charge in [0.25, 0.3) is 0 Å². The molecule has 0 saturated carbocycles. The first-order valence-electron chi connectivity index (χ1n) is 8.14. The van der Waals surface area contributed by atoms with Crippen LogP contribution in [0.3, 0.4) is 0 Å². The van der Waals surface area contributed by atoms with Gasteiger partial charge in [0.05, 0.1) is 18.1 Å². The Morgan fingerprint density at radius 1 is 1.24 bits per heavy atom. The number of hydrogen-bond donors (Lipinski definition) is 0. The SMILES string of the molecule is CC(=O)N(CCc1ccc(F)cc1)CC(=O)N(C)C1CCS(=O)(=O)C1. The summed E-state index contributed by atoms with van der Waals surface area (Å²) in [6.07, 6.45) is 0.939. The van der Waals surface area contributed by atoms with Crippen molar-refractivity contribution in [1.82, 2.24) is 9.80 Å². The van der Waals surface area contributed by atoms with Crippen molar-refractivity contribution in [3.05, 3.63) is 35.6 Å². The number of hydrogen-bond acceptors (Lipinski definition) is 4. The predicted molar refractivity (Wildman–Crippen MR) is 92.2 cm³/mol. The van der Waals surface area contributed by atoms with Gasteiger partial charge in [-0.25, -0.2) is 12.8 Å². The molecule has 1 fully saturated rings. The summed E-state index contributed by atoms with van der Waals surface area (Å²) in [5.41, 5.74) is 0.871. The van der Waals surface area contributed by atoms with Crippen molar-refractivity contribution in [1.29, 1.82) is 0 Å². The molecule has 0 spiro atoms. The lowest BCUT2D eigenvalue weighted by atomic mass is 10.1. The molecule has 1 aliphatic rings. The van der Waals surface area contributed by atoms with E-state index in [9.17, 15) is 22.4 Å². The van der Waals surface area contributed by atoms with Crippen LogP contribution in [-0.4, -0.2) is 67.7 Å². The van der Waals surface area contributed by atoms with Crippen molar-refractivity contribution < 1.29 is 22.4 Å². The largest absolute Gasteiger partial charge is 0.340 e. The minimum atomic E-state index is -3.07. The van der Waals surface area contributed by atoms with Crippen LogP contribution in [0.4, 0.5) is 4.39 Å². The fraction of sp³-hybridized carbons (Fsp3) is 0.529. The summed E-state index contributed by atoms with van der Waals surface area (Å²) in [5, 5.41) is 0. The van der Waals surface area contributed by atoms with Gasteiger partial charge in [0.15, 0.2) is 9.84 Å². The van der Waals surface area contributed by atoms with Gasteiger partial charge in [-0.15, -0.1) is 0 Å². The molecule has 0 aliphatic carbocycles. The van der Waals surface area contributed by atoms with E-state index < -0.39 is 9.84 Å². The van der Waals surface area contributed by atoms with E-state index in [1.807, 2.05) is 0 Å². The highest BCUT2D eigenvalue weighted by Gasteiger charge is 2.33. The average Bonchev–Trinajstić information content (AvgIpc) is 2.91. The number of carbonyl (C=O) groups is 2. The summed E-state index contributed by atoms with van der Waals surface area (Å²) in [6, 6.07) is 5.67. The topological polar surface area (TPSA) is 74.8 Å². The fourth-order valence-corrected chi connectivity index (χ4v) is 4.60. The highest BCUT2D eigenvalue weighted by atomic mass is 32.2. The van der Waals surface area contributed by atoms with Gasteiger partial charge in [0.1, 0.15) is 5.82 Å².